The number of fused-ring (bicyclic) bond motifs is 1. The number of rotatable bonds is 1. The van der Waals surface area contributed by atoms with E-state index in [-0.39, 0.29) is 0 Å². The summed E-state index contributed by atoms with van der Waals surface area (Å²) in [6.07, 6.45) is 0. The first-order valence-corrected chi connectivity index (χ1v) is 6.97. The van der Waals surface area contributed by atoms with Gasteiger partial charge in [-0.2, -0.15) is 0 Å². The van der Waals surface area contributed by atoms with E-state index in [1.807, 2.05) is 19.1 Å². The van der Waals surface area contributed by atoms with Crippen molar-refractivity contribution in [3.8, 4) is 11.1 Å². The Morgan fingerprint density at radius 2 is 1.72 bits per heavy atom. The summed E-state index contributed by atoms with van der Waals surface area (Å²) in [6.45, 7) is 4.17. The lowest BCUT2D eigenvalue weighted by Gasteiger charge is -2.07. The summed E-state index contributed by atoms with van der Waals surface area (Å²) >= 11 is 7.68. The maximum absolute atomic E-state index is 5.95. The quantitative estimate of drug-likeness (QED) is 0.591. The monoisotopic (exact) mass is 273 g/mol. The molecule has 0 fully saturated rings. The molecule has 0 unspecified atom stereocenters. The molecule has 90 valence electrons. The molecule has 0 atom stereocenters. The highest BCUT2D eigenvalue weighted by molar-refractivity contribution is 7.18. The van der Waals surface area contributed by atoms with Gasteiger partial charge in [0.15, 0.2) is 0 Å². The van der Waals surface area contributed by atoms with Gasteiger partial charge in [0.1, 0.15) is 0 Å². The topological polar surface area (TPSA) is 12.9 Å². The Morgan fingerprint density at radius 1 is 1.00 bits per heavy atom. The van der Waals surface area contributed by atoms with E-state index in [9.17, 15) is 0 Å². The predicted octanol–water partition coefficient (Wildman–Crippen LogP) is 5.23. The first kappa shape index (κ1) is 11.7. The fraction of sp³-hybridized carbons (Fsp3) is 0.133. The molecule has 0 aliphatic carbocycles. The lowest BCUT2D eigenvalue weighted by Crippen LogP contribution is -1.85. The van der Waals surface area contributed by atoms with Gasteiger partial charge in [-0.25, -0.2) is 4.98 Å². The summed E-state index contributed by atoms with van der Waals surface area (Å²) < 4.78 is 1.24. The number of hydrogen-bond donors (Lipinski definition) is 0. The molecule has 18 heavy (non-hydrogen) atoms. The number of aromatic nitrogens is 1. The van der Waals surface area contributed by atoms with E-state index in [2.05, 4.69) is 36.2 Å². The summed E-state index contributed by atoms with van der Waals surface area (Å²) in [6, 6.07) is 12.3. The van der Waals surface area contributed by atoms with Crippen molar-refractivity contribution in [2.24, 2.45) is 0 Å². The number of hydrogen-bond acceptors (Lipinski definition) is 2. The maximum atomic E-state index is 5.95. The van der Waals surface area contributed by atoms with Crippen LogP contribution in [0.25, 0.3) is 21.3 Å². The third-order valence-electron chi connectivity index (χ3n) is 3.01. The normalized spacial score (nSPS) is 11.1. The Labute approximate surface area is 115 Å². The molecule has 1 heterocycles. The van der Waals surface area contributed by atoms with Crippen LogP contribution in [-0.2, 0) is 0 Å². The molecule has 0 amide bonds. The Balaban J connectivity index is 2.32. The zero-order chi connectivity index (χ0) is 12.7. The average Bonchev–Trinajstić information content (AvgIpc) is 2.71. The minimum Gasteiger partial charge on any atom is -0.241 e. The second-order valence-electron chi connectivity index (χ2n) is 4.34. The van der Waals surface area contributed by atoms with E-state index in [1.165, 1.54) is 21.4 Å². The summed E-state index contributed by atoms with van der Waals surface area (Å²) in [5.74, 6) is 0. The Kier molecular flexibility index (Phi) is 2.84. The van der Waals surface area contributed by atoms with E-state index < -0.39 is 0 Å². The number of nitrogens with zero attached hydrogens (tertiary/aromatic N) is 1. The smallest absolute Gasteiger partial charge is 0.0908 e. The minimum atomic E-state index is 0.762. The van der Waals surface area contributed by atoms with Gasteiger partial charge >= 0.3 is 0 Å². The van der Waals surface area contributed by atoms with Crippen molar-refractivity contribution in [1.82, 2.24) is 4.98 Å². The maximum Gasteiger partial charge on any atom is 0.0908 e. The SMILES string of the molecule is Cc1nc2c(-c3ccc(Cl)cc3)c(C)ccc2s1. The van der Waals surface area contributed by atoms with E-state index in [0.29, 0.717) is 0 Å². The van der Waals surface area contributed by atoms with Crippen LogP contribution < -0.4 is 0 Å². The largest absolute Gasteiger partial charge is 0.241 e. The highest BCUT2D eigenvalue weighted by Crippen LogP contribution is 2.34. The summed E-state index contributed by atoms with van der Waals surface area (Å²) in [7, 11) is 0. The molecular formula is C15H12ClNS. The summed E-state index contributed by atoms with van der Waals surface area (Å²) in [5.41, 5.74) is 4.73. The molecule has 0 saturated heterocycles. The predicted molar refractivity (Wildman–Crippen MR) is 79.5 cm³/mol. The van der Waals surface area contributed by atoms with Crippen LogP contribution in [0.2, 0.25) is 5.02 Å². The molecule has 0 N–H and O–H groups in total. The van der Waals surface area contributed by atoms with Gasteiger partial charge in [-0.3, -0.25) is 0 Å². The van der Waals surface area contributed by atoms with Crippen molar-refractivity contribution in [3.63, 3.8) is 0 Å². The van der Waals surface area contributed by atoms with Gasteiger partial charge < -0.3 is 0 Å². The van der Waals surface area contributed by atoms with Gasteiger partial charge in [-0.1, -0.05) is 29.8 Å². The highest BCUT2D eigenvalue weighted by atomic mass is 35.5. The van der Waals surface area contributed by atoms with Crippen LogP contribution in [0, 0.1) is 13.8 Å². The van der Waals surface area contributed by atoms with Crippen LogP contribution in [0.15, 0.2) is 36.4 Å². The third-order valence-corrected chi connectivity index (χ3v) is 4.20. The van der Waals surface area contributed by atoms with Crippen molar-refractivity contribution in [3.05, 3.63) is 52.0 Å². The van der Waals surface area contributed by atoms with Gasteiger partial charge in [0.25, 0.3) is 0 Å². The molecule has 0 radical (unpaired) electrons. The molecule has 3 rings (SSSR count). The summed E-state index contributed by atoms with van der Waals surface area (Å²) in [4.78, 5) is 4.66. The zero-order valence-corrected chi connectivity index (χ0v) is 11.8. The number of thiazole rings is 1. The standard InChI is InChI=1S/C15H12ClNS/c1-9-3-8-13-15(17-10(2)18-13)14(9)11-4-6-12(16)7-5-11/h3-8H,1-2H3. The molecule has 0 saturated carbocycles. The Morgan fingerprint density at radius 3 is 2.44 bits per heavy atom. The molecule has 0 bridgehead atoms. The minimum absolute atomic E-state index is 0.762. The lowest BCUT2D eigenvalue weighted by atomic mass is 9.99. The van der Waals surface area contributed by atoms with Crippen molar-refractivity contribution in [2.75, 3.05) is 0 Å². The van der Waals surface area contributed by atoms with Crippen molar-refractivity contribution < 1.29 is 0 Å². The number of aryl methyl sites for hydroxylation is 2. The summed E-state index contributed by atoms with van der Waals surface area (Å²) in [5, 5.41) is 1.86. The fourth-order valence-electron chi connectivity index (χ4n) is 2.19. The molecule has 0 aliphatic rings. The van der Waals surface area contributed by atoms with Crippen LogP contribution in [0.4, 0.5) is 0 Å². The third kappa shape index (κ3) is 1.92. The van der Waals surface area contributed by atoms with Gasteiger partial charge in [0, 0.05) is 10.6 Å². The Bertz CT molecular complexity index is 713. The molecule has 1 nitrogen and oxygen atoms in total. The molecule has 3 heteroatoms. The van der Waals surface area contributed by atoms with Crippen molar-refractivity contribution in [2.45, 2.75) is 13.8 Å². The molecule has 2 aromatic carbocycles. The lowest BCUT2D eigenvalue weighted by molar-refractivity contribution is 1.34. The van der Waals surface area contributed by atoms with Gasteiger partial charge in [-0.15, -0.1) is 11.3 Å². The molecule has 3 aromatic rings. The van der Waals surface area contributed by atoms with E-state index in [0.717, 1.165) is 15.5 Å². The first-order chi connectivity index (χ1) is 8.65. The molecule has 0 aliphatic heterocycles. The van der Waals surface area contributed by atoms with Crippen LogP contribution in [0.1, 0.15) is 10.6 Å². The first-order valence-electron chi connectivity index (χ1n) is 5.78. The number of halogens is 1. The highest BCUT2D eigenvalue weighted by Gasteiger charge is 2.10. The van der Waals surface area contributed by atoms with Gasteiger partial charge in [0.05, 0.1) is 15.2 Å². The van der Waals surface area contributed by atoms with Crippen LogP contribution >= 0.6 is 22.9 Å². The van der Waals surface area contributed by atoms with Crippen molar-refractivity contribution in [1.29, 1.82) is 0 Å². The van der Waals surface area contributed by atoms with Crippen molar-refractivity contribution >= 4 is 33.2 Å². The zero-order valence-electron chi connectivity index (χ0n) is 10.2. The second-order valence-corrected chi connectivity index (χ2v) is 6.02. The van der Waals surface area contributed by atoms with Crippen LogP contribution in [0.5, 0.6) is 0 Å². The van der Waals surface area contributed by atoms with Gasteiger partial charge in [-0.05, 0) is 43.2 Å². The molecular weight excluding hydrogens is 262 g/mol. The van der Waals surface area contributed by atoms with Crippen LogP contribution in [0.3, 0.4) is 0 Å². The Hall–Kier alpha value is -1.38. The average molecular weight is 274 g/mol. The van der Waals surface area contributed by atoms with E-state index in [4.69, 9.17) is 11.6 Å². The van der Waals surface area contributed by atoms with Crippen LogP contribution in [-0.4, -0.2) is 4.98 Å². The second kappa shape index (κ2) is 4.38. The molecule has 0 spiro atoms. The fourth-order valence-corrected chi connectivity index (χ4v) is 3.15. The van der Waals surface area contributed by atoms with Gasteiger partial charge in [0.2, 0.25) is 0 Å². The molecule has 1 aromatic heterocycles. The number of benzene rings is 2. The van der Waals surface area contributed by atoms with E-state index >= 15 is 0 Å². The van der Waals surface area contributed by atoms with E-state index in [1.54, 1.807) is 11.3 Å².